The highest BCUT2D eigenvalue weighted by molar-refractivity contribution is 6.60. The largest absolute Gasteiger partial charge is 0.500 e. The number of carbonyl (C=O) groups is 1. The molecular formula is C34H61NO6Si. The Kier molecular flexibility index (Phi) is 24.3. The summed E-state index contributed by atoms with van der Waals surface area (Å²) in [5, 5.41) is 2.76. The monoisotopic (exact) mass is 607 g/mol. The molecule has 0 aliphatic heterocycles. The van der Waals surface area contributed by atoms with Gasteiger partial charge in [-0.2, -0.15) is 0 Å². The van der Waals surface area contributed by atoms with Gasteiger partial charge in [0.15, 0.2) is 0 Å². The van der Waals surface area contributed by atoms with Gasteiger partial charge in [-0.05, 0) is 57.4 Å². The van der Waals surface area contributed by atoms with Gasteiger partial charge >= 0.3 is 14.9 Å². The molecular weight excluding hydrogens is 546 g/mol. The summed E-state index contributed by atoms with van der Waals surface area (Å²) in [7, 11) is -2.69. The van der Waals surface area contributed by atoms with E-state index in [1.165, 1.54) is 89.7 Å². The Morgan fingerprint density at radius 3 is 1.69 bits per heavy atom. The van der Waals surface area contributed by atoms with Gasteiger partial charge in [-0.3, -0.25) is 0 Å². The van der Waals surface area contributed by atoms with E-state index in [-0.39, 0.29) is 0 Å². The standard InChI is InChI=1S/C34H61NO6Si/c1-5-9-10-11-12-13-14-15-16-17-18-19-20-21-29-37-33-25-23-32(24-26-33)27-30-38-34(36)35-28-22-31-42(39-6-2,40-7-3)41-8-4/h23-27,30H,5-22,28-29,31H2,1-4H3,(H,35,36)/b30-27+. The van der Waals surface area contributed by atoms with Crippen LogP contribution in [0.2, 0.25) is 6.04 Å². The summed E-state index contributed by atoms with van der Waals surface area (Å²) in [5.74, 6) is 0.867. The maximum atomic E-state index is 12.0. The maximum Gasteiger partial charge on any atom is 0.500 e. The van der Waals surface area contributed by atoms with Crippen LogP contribution in [0.1, 0.15) is 130 Å². The van der Waals surface area contributed by atoms with Crippen molar-refractivity contribution in [3.05, 3.63) is 36.1 Å². The number of amides is 1. The molecule has 0 saturated carbocycles. The molecule has 0 spiro atoms. The van der Waals surface area contributed by atoms with E-state index in [0.29, 0.717) is 38.8 Å². The van der Waals surface area contributed by atoms with Crippen molar-refractivity contribution in [3.63, 3.8) is 0 Å². The molecule has 1 N–H and O–H groups in total. The van der Waals surface area contributed by atoms with E-state index < -0.39 is 14.9 Å². The van der Waals surface area contributed by atoms with Crippen molar-refractivity contribution in [1.82, 2.24) is 5.32 Å². The Balaban J connectivity index is 2.09. The van der Waals surface area contributed by atoms with Gasteiger partial charge in [0.1, 0.15) is 5.75 Å². The molecule has 1 aromatic carbocycles. The molecule has 0 saturated heterocycles. The topological polar surface area (TPSA) is 75.3 Å². The van der Waals surface area contributed by atoms with Crippen molar-refractivity contribution in [1.29, 1.82) is 0 Å². The minimum absolute atomic E-state index is 0.458. The summed E-state index contributed by atoms with van der Waals surface area (Å²) in [5.41, 5.74) is 0.938. The Morgan fingerprint density at radius 1 is 0.690 bits per heavy atom. The zero-order chi connectivity index (χ0) is 30.6. The van der Waals surface area contributed by atoms with E-state index in [0.717, 1.165) is 24.3 Å². The van der Waals surface area contributed by atoms with Gasteiger partial charge in [0.2, 0.25) is 0 Å². The van der Waals surface area contributed by atoms with E-state index >= 15 is 0 Å². The average molecular weight is 608 g/mol. The van der Waals surface area contributed by atoms with Gasteiger partial charge in [-0.25, -0.2) is 4.79 Å². The lowest BCUT2D eigenvalue weighted by Gasteiger charge is -2.28. The number of carbonyl (C=O) groups excluding carboxylic acids is 1. The van der Waals surface area contributed by atoms with Crippen LogP contribution in [0.3, 0.4) is 0 Å². The first-order valence-corrected chi connectivity index (χ1v) is 18.8. The number of nitrogens with one attached hydrogen (secondary N) is 1. The van der Waals surface area contributed by atoms with Crippen LogP contribution in [0.5, 0.6) is 5.75 Å². The molecule has 0 atom stereocenters. The molecule has 0 radical (unpaired) electrons. The van der Waals surface area contributed by atoms with Crippen molar-refractivity contribution < 1.29 is 27.5 Å². The highest BCUT2D eigenvalue weighted by Gasteiger charge is 2.39. The molecule has 8 heteroatoms. The van der Waals surface area contributed by atoms with Gasteiger partial charge in [0.05, 0.1) is 12.9 Å². The molecule has 7 nitrogen and oxygen atoms in total. The lowest BCUT2D eigenvalue weighted by molar-refractivity contribution is 0.0707. The first kappa shape index (κ1) is 38.2. The maximum absolute atomic E-state index is 12.0. The molecule has 0 aromatic heterocycles. The minimum atomic E-state index is -2.69. The lowest BCUT2D eigenvalue weighted by atomic mass is 10.0. The fourth-order valence-corrected chi connectivity index (χ4v) is 7.49. The first-order valence-electron chi connectivity index (χ1n) is 16.8. The number of benzene rings is 1. The SMILES string of the molecule is CCCCCCCCCCCCCCCCOc1ccc(/C=C/OC(=O)NCCC[Si](OCC)(OCC)OCC)cc1. The molecule has 0 fully saturated rings. The number of hydrogen-bond acceptors (Lipinski definition) is 6. The third-order valence-corrected chi connectivity index (χ3v) is 10.3. The van der Waals surface area contributed by atoms with Crippen LogP contribution < -0.4 is 10.1 Å². The quantitative estimate of drug-likeness (QED) is 0.0581. The first-order chi connectivity index (χ1) is 20.6. The lowest BCUT2D eigenvalue weighted by Crippen LogP contribution is -2.46. The summed E-state index contributed by atoms with van der Waals surface area (Å²) >= 11 is 0. The summed E-state index contributed by atoms with van der Waals surface area (Å²) in [6.07, 6.45) is 22.3. The number of unbranched alkanes of at least 4 members (excludes halogenated alkanes) is 13. The zero-order valence-corrected chi connectivity index (χ0v) is 28.3. The molecule has 0 aliphatic rings. The van der Waals surface area contributed by atoms with Crippen LogP contribution in [0.25, 0.3) is 6.08 Å². The fourth-order valence-electron chi connectivity index (χ4n) is 4.87. The smallest absolute Gasteiger partial charge is 0.494 e. The zero-order valence-electron chi connectivity index (χ0n) is 27.3. The van der Waals surface area contributed by atoms with Crippen molar-refractivity contribution in [3.8, 4) is 5.75 Å². The predicted molar refractivity (Wildman–Crippen MR) is 176 cm³/mol. The van der Waals surface area contributed by atoms with Crippen molar-refractivity contribution in [2.45, 2.75) is 130 Å². The Hall–Kier alpha value is -1.87. The number of alkyl carbamates (subject to hydrolysis) is 1. The summed E-state index contributed by atoms with van der Waals surface area (Å²) < 4.78 is 28.6. The summed E-state index contributed by atoms with van der Waals surface area (Å²) in [6.45, 7) is 10.9. The second-order valence-electron chi connectivity index (χ2n) is 10.7. The number of rotatable bonds is 28. The minimum Gasteiger partial charge on any atom is -0.494 e. The van der Waals surface area contributed by atoms with E-state index in [4.69, 9.17) is 22.8 Å². The van der Waals surface area contributed by atoms with Gasteiger partial charge in [-0.1, -0.05) is 103 Å². The molecule has 0 unspecified atom stereocenters. The van der Waals surface area contributed by atoms with Crippen molar-refractivity contribution in [2.24, 2.45) is 0 Å². The van der Waals surface area contributed by atoms with Crippen molar-refractivity contribution >= 4 is 21.0 Å². The normalized spacial score (nSPS) is 11.7. The van der Waals surface area contributed by atoms with Gasteiger partial charge < -0.3 is 28.1 Å². The highest BCUT2D eigenvalue weighted by atomic mass is 28.4. The van der Waals surface area contributed by atoms with Crippen LogP contribution in [0.4, 0.5) is 4.79 Å². The molecule has 1 aromatic rings. The molecule has 1 amide bonds. The summed E-state index contributed by atoms with van der Waals surface area (Å²) in [4.78, 5) is 12.0. The average Bonchev–Trinajstić information content (AvgIpc) is 2.98. The van der Waals surface area contributed by atoms with E-state index in [1.54, 1.807) is 6.08 Å². The van der Waals surface area contributed by atoms with E-state index in [1.807, 2.05) is 45.0 Å². The third kappa shape index (κ3) is 20.1. The predicted octanol–water partition coefficient (Wildman–Crippen LogP) is 9.68. The second kappa shape index (κ2) is 26.7. The van der Waals surface area contributed by atoms with Crippen LogP contribution in [-0.2, 0) is 18.0 Å². The summed E-state index contributed by atoms with van der Waals surface area (Å²) in [6, 6.07) is 8.46. The van der Waals surface area contributed by atoms with Crippen molar-refractivity contribution in [2.75, 3.05) is 33.0 Å². The van der Waals surface area contributed by atoms with Crippen LogP contribution in [0.15, 0.2) is 30.5 Å². The molecule has 1 rings (SSSR count). The molecule has 42 heavy (non-hydrogen) atoms. The van der Waals surface area contributed by atoms with E-state index in [2.05, 4.69) is 12.2 Å². The molecule has 0 bridgehead atoms. The Morgan fingerprint density at radius 2 is 1.19 bits per heavy atom. The Bertz CT molecular complexity index is 772. The van der Waals surface area contributed by atoms with Crippen LogP contribution >= 0.6 is 0 Å². The number of hydrogen-bond donors (Lipinski definition) is 1. The molecule has 0 heterocycles. The van der Waals surface area contributed by atoms with Gasteiger partial charge in [-0.15, -0.1) is 0 Å². The van der Waals surface area contributed by atoms with Crippen LogP contribution in [-0.4, -0.2) is 47.9 Å². The second-order valence-corrected chi connectivity index (χ2v) is 13.5. The number of ether oxygens (including phenoxy) is 2. The third-order valence-electron chi connectivity index (χ3n) is 7.10. The fraction of sp³-hybridized carbons (Fsp3) is 0.735. The highest BCUT2D eigenvalue weighted by Crippen LogP contribution is 2.18. The molecule has 0 aliphatic carbocycles. The Labute approximate surface area is 258 Å². The van der Waals surface area contributed by atoms with Gasteiger partial charge in [0.25, 0.3) is 0 Å². The molecule has 242 valence electrons. The van der Waals surface area contributed by atoms with E-state index in [9.17, 15) is 4.79 Å². The van der Waals surface area contributed by atoms with Gasteiger partial charge in [0, 0.05) is 32.4 Å². The van der Waals surface area contributed by atoms with Crippen LogP contribution in [0, 0.1) is 0 Å².